The molecule has 1 aromatic rings. The Kier molecular flexibility index (Phi) is 6.40. The Morgan fingerprint density at radius 2 is 2.00 bits per heavy atom. The van der Waals surface area contributed by atoms with E-state index in [0.29, 0.717) is 5.69 Å². The Morgan fingerprint density at radius 1 is 1.22 bits per heavy atom. The first-order chi connectivity index (χ1) is 8.67. The van der Waals surface area contributed by atoms with Gasteiger partial charge in [0.1, 0.15) is 11.5 Å². The maximum atomic E-state index is 5.92. The van der Waals surface area contributed by atoms with Crippen LogP contribution >= 0.6 is 0 Å². The Balaban J connectivity index is 2.41. The molecule has 1 aromatic carbocycles. The van der Waals surface area contributed by atoms with Gasteiger partial charge in [-0.15, -0.1) is 0 Å². The second kappa shape index (κ2) is 7.85. The standard InChI is InChI=1S/C15H25NO2/c1-4-5-6-7-8-12(2)18-15-10-9-13(17-3)11-14(15)16/h9-12H,4-8,16H2,1-3H3. The zero-order valence-electron chi connectivity index (χ0n) is 11.7. The predicted octanol–water partition coefficient (Wildman–Crippen LogP) is 4.02. The SMILES string of the molecule is CCCCCCC(C)Oc1ccc(OC)cc1N. The molecule has 1 rings (SSSR count). The van der Waals surface area contributed by atoms with Gasteiger partial charge in [-0.2, -0.15) is 0 Å². The summed E-state index contributed by atoms with van der Waals surface area (Å²) >= 11 is 0. The molecular formula is C15H25NO2. The first kappa shape index (κ1) is 14.7. The molecule has 2 N–H and O–H groups in total. The summed E-state index contributed by atoms with van der Waals surface area (Å²) in [5.41, 5.74) is 6.55. The topological polar surface area (TPSA) is 44.5 Å². The van der Waals surface area contributed by atoms with Gasteiger partial charge in [-0.25, -0.2) is 0 Å². The minimum absolute atomic E-state index is 0.206. The summed E-state index contributed by atoms with van der Waals surface area (Å²) in [5.74, 6) is 1.51. The van der Waals surface area contributed by atoms with E-state index in [-0.39, 0.29) is 6.10 Å². The van der Waals surface area contributed by atoms with Crippen molar-refractivity contribution in [1.82, 2.24) is 0 Å². The third kappa shape index (κ3) is 4.86. The lowest BCUT2D eigenvalue weighted by atomic mass is 10.1. The number of hydrogen-bond donors (Lipinski definition) is 1. The van der Waals surface area contributed by atoms with Gasteiger partial charge in [-0.1, -0.05) is 26.2 Å². The molecular weight excluding hydrogens is 226 g/mol. The van der Waals surface area contributed by atoms with Gasteiger partial charge in [-0.3, -0.25) is 0 Å². The van der Waals surface area contributed by atoms with Gasteiger partial charge in [0, 0.05) is 6.07 Å². The second-order valence-electron chi connectivity index (χ2n) is 4.68. The molecule has 0 heterocycles. The Bertz CT molecular complexity index is 352. The monoisotopic (exact) mass is 251 g/mol. The minimum atomic E-state index is 0.206. The van der Waals surface area contributed by atoms with Gasteiger partial charge in [-0.05, 0) is 31.9 Å². The Labute approximate surface area is 110 Å². The quantitative estimate of drug-likeness (QED) is 0.560. The van der Waals surface area contributed by atoms with Crippen LogP contribution in [0.2, 0.25) is 0 Å². The maximum absolute atomic E-state index is 5.92. The summed E-state index contributed by atoms with van der Waals surface area (Å²) in [4.78, 5) is 0. The molecule has 18 heavy (non-hydrogen) atoms. The number of nitrogen functional groups attached to an aromatic ring is 1. The van der Waals surface area contributed by atoms with Gasteiger partial charge < -0.3 is 15.2 Å². The van der Waals surface area contributed by atoms with E-state index in [4.69, 9.17) is 15.2 Å². The molecule has 3 heteroatoms. The van der Waals surface area contributed by atoms with Crippen LogP contribution in [0.3, 0.4) is 0 Å². The van der Waals surface area contributed by atoms with Crippen molar-refractivity contribution in [3.63, 3.8) is 0 Å². The van der Waals surface area contributed by atoms with Crippen molar-refractivity contribution in [2.75, 3.05) is 12.8 Å². The zero-order chi connectivity index (χ0) is 13.4. The molecule has 0 spiro atoms. The van der Waals surface area contributed by atoms with Crippen LogP contribution in [0.5, 0.6) is 11.5 Å². The van der Waals surface area contributed by atoms with E-state index in [1.807, 2.05) is 12.1 Å². The van der Waals surface area contributed by atoms with E-state index in [0.717, 1.165) is 17.9 Å². The largest absolute Gasteiger partial charge is 0.497 e. The summed E-state index contributed by atoms with van der Waals surface area (Å²) in [5, 5.41) is 0. The van der Waals surface area contributed by atoms with Crippen molar-refractivity contribution >= 4 is 5.69 Å². The third-order valence-corrected chi connectivity index (χ3v) is 3.01. The number of rotatable bonds is 8. The lowest BCUT2D eigenvalue weighted by Crippen LogP contribution is -2.12. The lowest BCUT2D eigenvalue weighted by molar-refractivity contribution is 0.207. The van der Waals surface area contributed by atoms with Crippen LogP contribution in [0.25, 0.3) is 0 Å². The summed E-state index contributed by atoms with van der Waals surface area (Å²) in [7, 11) is 1.63. The average Bonchev–Trinajstić information content (AvgIpc) is 2.37. The maximum Gasteiger partial charge on any atom is 0.142 e. The number of unbranched alkanes of at least 4 members (excludes halogenated alkanes) is 3. The van der Waals surface area contributed by atoms with Gasteiger partial charge in [0.2, 0.25) is 0 Å². The summed E-state index contributed by atoms with van der Waals surface area (Å²) < 4.78 is 11.0. The molecule has 1 atom stereocenters. The molecule has 0 amide bonds. The fourth-order valence-electron chi connectivity index (χ4n) is 1.90. The number of methoxy groups -OCH3 is 1. The number of anilines is 1. The van der Waals surface area contributed by atoms with Crippen LogP contribution in [0.15, 0.2) is 18.2 Å². The van der Waals surface area contributed by atoms with Crippen molar-refractivity contribution in [2.24, 2.45) is 0 Å². The van der Waals surface area contributed by atoms with Gasteiger partial charge >= 0.3 is 0 Å². The normalized spacial score (nSPS) is 12.2. The minimum Gasteiger partial charge on any atom is -0.497 e. The van der Waals surface area contributed by atoms with Crippen molar-refractivity contribution in [3.05, 3.63) is 18.2 Å². The molecule has 0 aromatic heterocycles. The molecule has 0 aliphatic rings. The Morgan fingerprint density at radius 3 is 2.61 bits per heavy atom. The van der Waals surface area contributed by atoms with Crippen LogP contribution < -0.4 is 15.2 Å². The molecule has 0 radical (unpaired) electrons. The number of hydrogen-bond acceptors (Lipinski definition) is 3. The van der Waals surface area contributed by atoms with E-state index in [1.54, 1.807) is 13.2 Å². The molecule has 3 nitrogen and oxygen atoms in total. The molecule has 0 aliphatic carbocycles. The van der Waals surface area contributed by atoms with Gasteiger partial charge in [0.05, 0.1) is 18.9 Å². The molecule has 0 fully saturated rings. The molecule has 1 unspecified atom stereocenters. The number of ether oxygens (including phenoxy) is 2. The third-order valence-electron chi connectivity index (χ3n) is 3.01. The number of nitrogens with two attached hydrogens (primary N) is 1. The Hall–Kier alpha value is -1.38. The van der Waals surface area contributed by atoms with E-state index in [2.05, 4.69) is 13.8 Å². The predicted molar refractivity (Wildman–Crippen MR) is 76.3 cm³/mol. The van der Waals surface area contributed by atoms with Crippen molar-refractivity contribution < 1.29 is 9.47 Å². The molecule has 0 bridgehead atoms. The van der Waals surface area contributed by atoms with Crippen LogP contribution in [0.1, 0.15) is 46.0 Å². The smallest absolute Gasteiger partial charge is 0.142 e. The number of benzene rings is 1. The van der Waals surface area contributed by atoms with E-state index in [1.165, 1.54) is 25.7 Å². The highest BCUT2D eigenvalue weighted by Gasteiger charge is 2.07. The van der Waals surface area contributed by atoms with Gasteiger partial charge in [0.25, 0.3) is 0 Å². The van der Waals surface area contributed by atoms with Crippen molar-refractivity contribution in [1.29, 1.82) is 0 Å². The second-order valence-corrected chi connectivity index (χ2v) is 4.68. The summed E-state index contributed by atoms with van der Waals surface area (Å²) in [6.45, 7) is 4.31. The summed E-state index contributed by atoms with van der Waals surface area (Å²) in [6.07, 6.45) is 6.34. The van der Waals surface area contributed by atoms with E-state index in [9.17, 15) is 0 Å². The van der Waals surface area contributed by atoms with Crippen molar-refractivity contribution in [3.8, 4) is 11.5 Å². The molecule has 0 saturated heterocycles. The van der Waals surface area contributed by atoms with Crippen LogP contribution in [0, 0.1) is 0 Å². The zero-order valence-corrected chi connectivity index (χ0v) is 11.7. The van der Waals surface area contributed by atoms with E-state index < -0.39 is 0 Å². The van der Waals surface area contributed by atoms with Crippen LogP contribution in [-0.4, -0.2) is 13.2 Å². The highest BCUT2D eigenvalue weighted by molar-refractivity contribution is 5.56. The average molecular weight is 251 g/mol. The molecule has 0 saturated carbocycles. The highest BCUT2D eigenvalue weighted by atomic mass is 16.5. The molecule has 102 valence electrons. The first-order valence-electron chi connectivity index (χ1n) is 6.77. The fourth-order valence-corrected chi connectivity index (χ4v) is 1.90. The van der Waals surface area contributed by atoms with Crippen LogP contribution in [0.4, 0.5) is 5.69 Å². The lowest BCUT2D eigenvalue weighted by Gasteiger charge is -2.16. The highest BCUT2D eigenvalue weighted by Crippen LogP contribution is 2.27. The van der Waals surface area contributed by atoms with Crippen LogP contribution in [-0.2, 0) is 0 Å². The first-order valence-corrected chi connectivity index (χ1v) is 6.77. The fraction of sp³-hybridized carbons (Fsp3) is 0.600. The van der Waals surface area contributed by atoms with E-state index >= 15 is 0 Å². The van der Waals surface area contributed by atoms with Gasteiger partial charge in [0.15, 0.2) is 0 Å². The van der Waals surface area contributed by atoms with Crippen molar-refractivity contribution in [2.45, 2.75) is 52.1 Å². The summed E-state index contributed by atoms with van der Waals surface area (Å²) in [6, 6.07) is 5.53. The molecule has 0 aliphatic heterocycles.